The minimum atomic E-state index is -4.06. The highest BCUT2D eigenvalue weighted by atomic mass is 32.2. The lowest BCUT2D eigenvalue weighted by Gasteiger charge is -2.19. The third kappa shape index (κ3) is 4.81. The Morgan fingerprint density at radius 1 is 0.967 bits per heavy atom. The first-order valence-electron chi connectivity index (χ1n) is 8.94. The molecule has 3 rings (SSSR count). The van der Waals surface area contributed by atoms with Gasteiger partial charge in [0.15, 0.2) is 0 Å². The molecule has 0 aliphatic carbocycles. The van der Waals surface area contributed by atoms with Crippen LogP contribution in [-0.4, -0.2) is 19.2 Å². The van der Waals surface area contributed by atoms with Crippen molar-refractivity contribution >= 4 is 27.3 Å². The van der Waals surface area contributed by atoms with E-state index in [1.807, 2.05) is 30.3 Å². The number of nitro benzene ring substituents is 1. The first kappa shape index (κ1) is 21.0. The molecule has 0 aliphatic rings. The van der Waals surface area contributed by atoms with E-state index in [9.17, 15) is 23.6 Å². The van der Waals surface area contributed by atoms with Crippen LogP contribution < -0.4 is 9.83 Å². The number of hydrogen-bond donors (Lipinski definition) is 1. The Balaban J connectivity index is 1.89. The maximum atomic E-state index is 12.7. The molecular weight excluding hydrogens is 406 g/mol. The normalized spacial score (nSPS) is 12.9. The molecule has 9 heteroatoms. The number of nitro groups is 1. The number of anilines is 1. The molecule has 30 heavy (non-hydrogen) atoms. The number of nitrogens with zero attached hydrogens (tertiary/aromatic N) is 2. The van der Waals surface area contributed by atoms with E-state index in [0.717, 1.165) is 29.8 Å². The molecule has 3 aromatic carbocycles. The van der Waals surface area contributed by atoms with Crippen LogP contribution in [0, 0.1) is 10.1 Å². The van der Waals surface area contributed by atoms with Gasteiger partial charge in [0, 0.05) is 17.7 Å². The van der Waals surface area contributed by atoms with Crippen LogP contribution >= 0.6 is 0 Å². The van der Waals surface area contributed by atoms with Gasteiger partial charge in [-0.15, -0.1) is 0 Å². The van der Waals surface area contributed by atoms with Crippen molar-refractivity contribution in [1.29, 1.82) is 0 Å². The van der Waals surface area contributed by atoms with E-state index in [4.69, 9.17) is 0 Å². The van der Waals surface area contributed by atoms with Crippen molar-refractivity contribution in [1.82, 2.24) is 0 Å². The van der Waals surface area contributed by atoms with Gasteiger partial charge in [-0.2, -0.15) is 0 Å². The fraction of sp³-hybridized carbons (Fsp3) is 0.0952. The number of hydrogen-bond acceptors (Lipinski definition) is 6. The van der Waals surface area contributed by atoms with Gasteiger partial charge in [0.1, 0.15) is 0 Å². The molecule has 0 saturated carbocycles. The maximum absolute atomic E-state index is 12.7. The van der Waals surface area contributed by atoms with Crippen molar-refractivity contribution in [2.24, 2.45) is 4.99 Å². The molecule has 0 spiro atoms. The molecule has 0 saturated heterocycles. The highest BCUT2D eigenvalue weighted by Crippen LogP contribution is 2.23. The quantitative estimate of drug-likeness (QED) is 0.270. The Kier molecular flexibility index (Phi) is 6.12. The molecule has 0 aromatic heterocycles. The molecule has 0 bridgehead atoms. The smallest absolute Gasteiger partial charge is 0.269 e. The van der Waals surface area contributed by atoms with Gasteiger partial charge in [0.25, 0.3) is 15.7 Å². The molecule has 0 fully saturated rings. The van der Waals surface area contributed by atoms with Gasteiger partial charge in [-0.3, -0.25) is 19.8 Å². The second-order valence-corrected chi connectivity index (χ2v) is 8.11. The summed E-state index contributed by atoms with van der Waals surface area (Å²) in [5.74, 6) is -0.562. The van der Waals surface area contributed by atoms with Crippen LogP contribution in [0.2, 0.25) is 0 Å². The van der Waals surface area contributed by atoms with Gasteiger partial charge in [0.05, 0.1) is 21.5 Å². The van der Waals surface area contributed by atoms with E-state index < -0.39 is 26.9 Å². The minimum absolute atomic E-state index is 0.0739. The highest BCUT2D eigenvalue weighted by molar-refractivity contribution is 7.92. The molecule has 0 heterocycles. The van der Waals surface area contributed by atoms with Gasteiger partial charge in [0.2, 0.25) is 0 Å². The lowest BCUT2D eigenvalue weighted by Crippen LogP contribution is -2.23. The molecule has 154 valence electrons. The maximum Gasteiger partial charge on any atom is 0.269 e. The van der Waals surface area contributed by atoms with Gasteiger partial charge in [-0.25, -0.2) is 8.42 Å². The second kappa shape index (κ2) is 8.75. The Labute approximate surface area is 173 Å². The van der Waals surface area contributed by atoms with Gasteiger partial charge < -0.3 is 5.11 Å². The molecule has 0 amide bonds. The van der Waals surface area contributed by atoms with E-state index in [2.05, 4.69) is 9.71 Å². The first-order chi connectivity index (χ1) is 14.3. The number of para-hydroxylation sites is 1. The number of benzene rings is 3. The van der Waals surface area contributed by atoms with Crippen LogP contribution in [0.5, 0.6) is 0 Å². The molecule has 0 radical (unpaired) electrons. The molecule has 3 aromatic rings. The van der Waals surface area contributed by atoms with Crippen molar-refractivity contribution in [2.75, 3.05) is 4.72 Å². The van der Waals surface area contributed by atoms with Crippen molar-refractivity contribution in [3.63, 3.8) is 0 Å². The van der Waals surface area contributed by atoms with Crippen LogP contribution in [0.4, 0.5) is 11.4 Å². The summed E-state index contributed by atoms with van der Waals surface area (Å²) < 4.78 is 27.7. The van der Waals surface area contributed by atoms with Crippen molar-refractivity contribution in [3.8, 4) is 0 Å². The summed E-state index contributed by atoms with van der Waals surface area (Å²) in [4.78, 5) is 14.1. The first-order valence-corrected chi connectivity index (χ1v) is 10.4. The summed E-state index contributed by atoms with van der Waals surface area (Å²) in [6.45, 7) is 1.77. The van der Waals surface area contributed by atoms with E-state index in [0.29, 0.717) is 0 Å². The van der Waals surface area contributed by atoms with Crippen LogP contribution in [0.1, 0.15) is 24.1 Å². The highest BCUT2D eigenvalue weighted by Gasteiger charge is 2.17. The number of rotatable bonds is 7. The summed E-state index contributed by atoms with van der Waals surface area (Å²) >= 11 is 0. The predicted octanol–water partition coefficient (Wildman–Crippen LogP) is 3.26. The average molecular weight is 424 g/mol. The van der Waals surface area contributed by atoms with E-state index >= 15 is 0 Å². The lowest BCUT2D eigenvalue weighted by atomic mass is 10.1. The van der Waals surface area contributed by atoms with E-state index in [1.165, 1.54) is 12.1 Å². The van der Waals surface area contributed by atoms with Gasteiger partial charge >= 0.3 is 0 Å². The van der Waals surface area contributed by atoms with Crippen molar-refractivity contribution in [2.45, 2.75) is 17.9 Å². The summed E-state index contributed by atoms with van der Waals surface area (Å²) in [5.41, 5.74) is 0.809. The van der Waals surface area contributed by atoms with Crippen LogP contribution in [-0.2, 0) is 10.0 Å². The van der Waals surface area contributed by atoms with Gasteiger partial charge in [-0.1, -0.05) is 48.5 Å². The molecular formula is C21H18N3O5S-. The summed E-state index contributed by atoms with van der Waals surface area (Å²) in [6.07, 6.45) is 0. The fourth-order valence-electron chi connectivity index (χ4n) is 2.76. The lowest BCUT2D eigenvalue weighted by molar-refractivity contribution is -0.384. The fourth-order valence-corrected chi connectivity index (χ4v) is 3.84. The number of nitrogens with one attached hydrogen (secondary N) is 1. The van der Waals surface area contributed by atoms with Crippen LogP contribution in [0.25, 0.3) is 0 Å². The second-order valence-electron chi connectivity index (χ2n) is 6.42. The number of aliphatic imine (C=N–C) groups is 1. The molecule has 0 unspecified atom stereocenters. The molecule has 1 N–H and O–H groups in total. The number of non-ortho nitro benzene ring substituents is 1. The third-order valence-electron chi connectivity index (χ3n) is 4.35. The molecule has 1 atom stereocenters. The average Bonchev–Trinajstić information content (AvgIpc) is 2.74. The zero-order chi connectivity index (χ0) is 21.7. The third-order valence-corrected chi connectivity index (χ3v) is 5.73. The SMILES string of the molecule is C[C@H](N=C([O-])c1ccccc1NS(=O)(=O)c1ccc([N+](=O)[O-])cc1)c1ccccc1. The molecule has 8 nitrogen and oxygen atoms in total. The van der Waals surface area contributed by atoms with Crippen LogP contribution in [0.3, 0.4) is 0 Å². The van der Waals surface area contributed by atoms with Gasteiger partial charge in [-0.05, 0) is 36.6 Å². The van der Waals surface area contributed by atoms with E-state index in [1.54, 1.807) is 19.1 Å². The van der Waals surface area contributed by atoms with Crippen LogP contribution in [0.15, 0.2) is 88.8 Å². The van der Waals surface area contributed by atoms with Crippen molar-refractivity contribution < 1.29 is 18.4 Å². The zero-order valence-electron chi connectivity index (χ0n) is 15.9. The standard InChI is InChI=1S/C21H19N3O5S/c1-15(16-7-3-2-4-8-16)22-21(25)19-9-5-6-10-20(19)23-30(28,29)18-13-11-17(12-14-18)24(26)27/h2-15,23H,1H3,(H,22,25)/p-1/t15-/m0/s1. The Morgan fingerprint density at radius 3 is 2.20 bits per heavy atom. The Bertz CT molecular complexity index is 1180. The summed E-state index contributed by atoms with van der Waals surface area (Å²) in [5, 5.41) is 23.5. The largest absolute Gasteiger partial charge is 0.858 e. The summed E-state index contributed by atoms with van der Waals surface area (Å²) in [6, 6.07) is 19.5. The Hall–Kier alpha value is -3.72. The minimum Gasteiger partial charge on any atom is -0.858 e. The predicted molar refractivity (Wildman–Crippen MR) is 112 cm³/mol. The Morgan fingerprint density at radius 2 is 1.57 bits per heavy atom. The summed E-state index contributed by atoms with van der Waals surface area (Å²) in [7, 11) is -4.06. The van der Waals surface area contributed by atoms with E-state index in [-0.39, 0.29) is 21.8 Å². The topological polar surface area (TPSA) is 125 Å². The van der Waals surface area contributed by atoms with Crippen molar-refractivity contribution in [3.05, 3.63) is 100 Å². The monoisotopic (exact) mass is 424 g/mol. The molecule has 0 aliphatic heterocycles. The zero-order valence-corrected chi connectivity index (χ0v) is 16.7. The number of sulfonamides is 1.